The summed E-state index contributed by atoms with van der Waals surface area (Å²) in [7, 11) is 0. The summed E-state index contributed by atoms with van der Waals surface area (Å²) < 4.78 is 0. The van der Waals surface area contributed by atoms with Crippen molar-refractivity contribution < 1.29 is 4.79 Å². The quantitative estimate of drug-likeness (QED) is 0.763. The van der Waals surface area contributed by atoms with Gasteiger partial charge < -0.3 is 4.90 Å². The topological polar surface area (TPSA) is 52.6 Å². The van der Waals surface area contributed by atoms with E-state index in [2.05, 4.69) is 42.9 Å². The summed E-state index contributed by atoms with van der Waals surface area (Å²) in [5, 5.41) is 0. The molecular weight excluding hydrogens is 386 g/mol. The van der Waals surface area contributed by atoms with Gasteiger partial charge in [-0.2, -0.15) is 0 Å². The van der Waals surface area contributed by atoms with Gasteiger partial charge in [-0.15, -0.1) is 0 Å². The van der Waals surface area contributed by atoms with Crippen LogP contribution in [0.5, 0.6) is 0 Å². The fourth-order valence-electron chi connectivity index (χ4n) is 5.45. The van der Waals surface area contributed by atoms with Gasteiger partial charge in [-0.3, -0.25) is 14.6 Å². The van der Waals surface area contributed by atoms with E-state index in [9.17, 15) is 4.79 Å². The molecule has 1 saturated carbocycles. The van der Waals surface area contributed by atoms with Gasteiger partial charge in [-0.1, -0.05) is 37.5 Å². The lowest BCUT2D eigenvalue weighted by Crippen LogP contribution is -2.54. The predicted molar refractivity (Wildman–Crippen MR) is 121 cm³/mol. The summed E-state index contributed by atoms with van der Waals surface area (Å²) in [5.74, 6) is 0.296. The number of fused-ring (bicyclic) bond motifs is 1. The van der Waals surface area contributed by atoms with E-state index in [-0.39, 0.29) is 0 Å². The molecule has 1 aliphatic carbocycles. The van der Waals surface area contributed by atoms with Crippen molar-refractivity contribution in [2.75, 3.05) is 39.3 Å². The molecule has 164 valence electrons. The molecule has 0 N–H and O–H groups in total. The highest BCUT2D eigenvalue weighted by Crippen LogP contribution is 2.26. The third-order valence-electron chi connectivity index (χ3n) is 7.31. The summed E-state index contributed by atoms with van der Waals surface area (Å²) in [6.45, 7) is 6.21. The maximum atomic E-state index is 13.0. The SMILES string of the molecule is O=C(CN1CCc2cc(-c3cncnc3)ccc2C1)N1CCN(C2CCCCC2)CC1. The van der Waals surface area contributed by atoms with Crippen LogP contribution >= 0.6 is 0 Å². The number of carbonyl (C=O) groups is 1. The average Bonchev–Trinajstić information content (AvgIpc) is 2.85. The summed E-state index contributed by atoms with van der Waals surface area (Å²) in [6.07, 6.45) is 13.1. The second-order valence-corrected chi connectivity index (χ2v) is 9.28. The van der Waals surface area contributed by atoms with Crippen molar-refractivity contribution in [2.45, 2.75) is 51.1 Å². The zero-order valence-corrected chi connectivity index (χ0v) is 18.4. The van der Waals surface area contributed by atoms with Crippen LogP contribution in [0.2, 0.25) is 0 Å². The molecule has 0 unspecified atom stereocenters. The van der Waals surface area contributed by atoms with Crippen LogP contribution in [0.1, 0.15) is 43.2 Å². The van der Waals surface area contributed by atoms with Crippen LogP contribution in [0.4, 0.5) is 0 Å². The van der Waals surface area contributed by atoms with E-state index in [1.807, 2.05) is 12.4 Å². The fraction of sp³-hybridized carbons (Fsp3) is 0.560. The number of rotatable bonds is 4. The van der Waals surface area contributed by atoms with Crippen LogP contribution in [0.3, 0.4) is 0 Å². The number of aromatic nitrogens is 2. The minimum absolute atomic E-state index is 0.296. The minimum atomic E-state index is 0.296. The predicted octanol–water partition coefficient (Wildman–Crippen LogP) is 2.98. The van der Waals surface area contributed by atoms with Crippen LogP contribution in [0.25, 0.3) is 11.1 Å². The lowest BCUT2D eigenvalue weighted by atomic mass is 9.94. The molecule has 1 aromatic heterocycles. The molecule has 1 saturated heterocycles. The van der Waals surface area contributed by atoms with Crippen molar-refractivity contribution >= 4 is 5.91 Å². The van der Waals surface area contributed by atoms with Gasteiger partial charge in [0.2, 0.25) is 5.91 Å². The molecule has 6 heteroatoms. The van der Waals surface area contributed by atoms with Gasteiger partial charge in [0.05, 0.1) is 6.54 Å². The third kappa shape index (κ3) is 4.80. The Morgan fingerprint density at radius 1 is 0.903 bits per heavy atom. The molecule has 2 fully saturated rings. The first-order valence-corrected chi connectivity index (χ1v) is 11.9. The van der Waals surface area contributed by atoms with E-state index in [1.54, 1.807) is 6.33 Å². The normalized spacial score (nSPS) is 21.1. The maximum Gasteiger partial charge on any atom is 0.236 e. The Bertz CT molecular complexity index is 888. The molecular formula is C25H33N5O. The second-order valence-electron chi connectivity index (χ2n) is 9.28. The average molecular weight is 420 g/mol. The standard InChI is InChI=1S/C25H33N5O/c31-25(30-12-10-29(11-13-30)24-4-2-1-3-5-24)18-28-9-8-21-14-20(6-7-22(21)17-28)23-15-26-19-27-16-23/h6-7,14-16,19,24H,1-5,8-13,17-18H2. The first-order valence-electron chi connectivity index (χ1n) is 11.9. The molecule has 0 radical (unpaired) electrons. The van der Waals surface area contributed by atoms with E-state index in [0.29, 0.717) is 12.5 Å². The van der Waals surface area contributed by atoms with Gasteiger partial charge in [0.1, 0.15) is 6.33 Å². The van der Waals surface area contributed by atoms with E-state index >= 15 is 0 Å². The number of amides is 1. The minimum Gasteiger partial charge on any atom is -0.339 e. The second kappa shape index (κ2) is 9.45. The van der Waals surface area contributed by atoms with Gasteiger partial charge >= 0.3 is 0 Å². The van der Waals surface area contributed by atoms with Crippen molar-refractivity contribution in [1.82, 2.24) is 24.7 Å². The molecule has 3 aliphatic rings. The number of carbonyl (C=O) groups excluding carboxylic acids is 1. The van der Waals surface area contributed by atoms with Crippen molar-refractivity contribution in [3.05, 3.63) is 48.0 Å². The van der Waals surface area contributed by atoms with Gasteiger partial charge in [-0.05, 0) is 36.0 Å². The van der Waals surface area contributed by atoms with E-state index in [1.165, 1.54) is 48.8 Å². The molecule has 5 rings (SSSR count). The Labute approximate surface area is 185 Å². The highest BCUT2D eigenvalue weighted by Gasteiger charge is 2.28. The van der Waals surface area contributed by atoms with Crippen LogP contribution in [0, 0.1) is 0 Å². The monoisotopic (exact) mass is 419 g/mol. The lowest BCUT2D eigenvalue weighted by molar-refractivity contribution is -0.134. The van der Waals surface area contributed by atoms with Gasteiger partial charge in [-0.25, -0.2) is 9.97 Å². The van der Waals surface area contributed by atoms with E-state index in [4.69, 9.17) is 0 Å². The Balaban J connectivity index is 1.14. The summed E-state index contributed by atoms with van der Waals surface area (Å²) in [5.41, 5.74) is 4.93. The van der Waals surface area contributed by atoms with Gasteiger partial charge in [0.15, 0.2) is 0 Å². The first kappa shape index (κ1) is 20.6. The highest BCUT2D eigenvalue weighted by molar-refractivity contribution is 5.78. The summed E-state index contributed by atoms with van der Waals surface area (Å²) >= 11 is 0. The van der Waals surface area contributed by atoms with Crippen molar-refractivity contribution in [2.24, 2.45) is 0 Å². The van der Waals surface area contributed by atoms with E-state index in [0.717, 1.165) is 57.3 Å². The Morgan fingerprint density at radius 3 is 2.45 bits per heavy atom. The van der Waals surface area contributed by atoms with Crippen molar-refractivity contribution in [3.63, 3.8) is 0 Å². The molecule has 0 atom stereocenters. The number of benzene rings is 1. The van der Waals surface area contributed by atoms with Crippen molar-refractivity contribution in [1.29, 1.82) is 0 Å². The Morgan fingerprint density at radius 2 is 1.68 bits per heavy atom. The van der Waals surface area contributed by atoms with Crippen molar-refractivity contribution in [3.8, 4) is 11.1 Å². The number of nitrogens with zero attached hydrogens (tertiary/aromatic N) is 5. The number of hydrogen-bond donors (Lipinski definition) is 0. The van der Waals surface area contributed by atoms with Crippen LogP contribution in [0.15, 0.2) is 36.9 Å². The molecule has 2 aromatic rings. The lowest BCUT2D eigenvalue weighted by Gasteiger charge is -2.41. The molecule has 31 heavy (non-hydrogen) atoms. The fourth-order valence-corrected chi connectivity index (χ4v) is 5.45. The Hall–Kier alpha value is -2.31. The molecule has 0 bridgehead atoms. The molecule has 2 aliphatic heterocycles. The summed E-state index contributed by atoms with van der Waals surface area (Å²) in [4.78, 5) is 28.2. The molecule has 0 spiro atoms. The van der Waals surface area contributed by atoms with Gasteiger partial charge in [0.25, 0.3) is 0 Å². The number of hydrogen-bond acceptors (Lipinski definition) is 5. The molecule has 1 aromatic carbocycles. The van der Waals surface area contributed by atoms with Crippen LogP contribution in [-0.4, -0.2) is 75.9 Å². The van der Waals surface area contributed by atoms with Crippen LogP contribution in [-0.2, 0) is 17.8 Å². The first-order chi connectivity index (χ1) is 15.3. The van der Waals surface area contributed by atoms with Crippen LogP contribution < -0.4 is 0 Å². The molecule has 3 heterocycles. The summed E-state index contributed by atoms with van der Waals surface area (Å²) in [6, 6.07) is 7.37. The molecule has 6 nitrogen and oxygen atoms in total. The van der Waals surface area contributed by atoms with Gasteiger partial charge in [0, 0.05) is 63.3 Å². The third-order valence-corrected chi connectivity index (χ3v) is 7.31. The zero-order chi connectivity index (χ0) is 21.0. The Kier molecular flexibility index (Phi) is 6.27. The largest absolute Gasteiger partial charge is 0.339 e. The van der Waals surface area contributed by atoms with E-state index < -0.39 is 0 Å². The zero-order valence-electron chi connectivity index (χ0n) is 18.4. The smallest absolute Gasteiger partial charge is 0.236 e. The highest BCUT2D eigenvalue weighted by atomic mass is 16.2. The molecule has 1 amide bonds. The maximum absolute atomic E-state index is 13.0. The number of piperazine rings is 1.